The van der Waals surface area contributed by atoms with Gasteiger partial charge in [-0.3, -0.25) is 0 Å². The average Bonchev–Trinajstić information content (AvgIpc) is 2.96. The van der Waals surface area contributed by atoms with Crippen LogP contribution in [0.3, 0.4) is 0 Å². The molecule has 0 bridgehead atoms. The quantitative estimate of drug-likeness (QED) is 0.614. The number of carbonyl (C=O) groups excluding carboxylic acids is 1. The van der Waals surface area contributed by atoms with Crippen LogP contribution in [0, 0.1) is 0 Å². The molecule has 0 saturated carbocycles. The lowest BCUT2D eigenvalue weighted by atomic mass is 10.3. The number of halogens is 1. The summed E-state index contributed by atoms with van der Waals surface area (Å²) < 4.78 is 22.2. The predicted octanol–water partition coefficient (Wildman–Crippen LogP) is 3.44. The molecule has 0 fully saturated rings. The van der Waals surface area contributed by atoms with Gasteiger partial charge in [-0.2, -0.15) is 0 Å². The molecule has 2 aromatic rings. The molecule has 0 spiro atoms. The highest BCUT2D eigenvalue weighted by Gasteiger charge is 2.21. The van der Waals surface area contributed by atoms with Crippen molar-refractivity contribution in [1.29, 1.82) is 0 Å². The van der Waals surface area contributed by atoms with Crippen molar-refractivity contribution >= 4 is 28.0 Å². The monoisotopic (exact) mass is 364 g/mol. The van der Waals surface area contributed by atoms with E-state index in [1.165, 1.54) is 6.08 Å². The van der Waals surface area contributed by atoms with Crippen molar-refractivity contribution < 1.29 is 23.4 Å². The van der Waals surface area contributed by atoms with Crippen molar-refractivity contribution in [1.82, 2.24) is 0 Å². The topological polar surface area (TPSA) is 57.9 Å². The molecule has 6 heteroatoms. The molecule has 1 atom stereocenters. The Hall–Kier alpha value is -2.21. The van der Waals surface area contributed by atoms with Gasteiger partial charge in [-0.15, -0.1) is 0 Å². The summed E-state index contributed by atoms with van der Waals surface area (Å²) in [6.45, 7) is 0.471. The largest absolute Gasteiger partial charge is 0.486 e. The molecule has 2 heterocycles. The fourth-order valence-electron chi connectivity index (χ4n) is 1.94. The van der Waals surface area contributed by atoms with E-state index in [0.29, 0.717) is 28.5 Å². The second-order valence-corrected chi connectivity index (χ2v) is 5.38. The number of para-hydroxylation sites is 2. The summed E-state index contributed by atoms with van der Waals surface area (Å²) in [7, 11) is 0. The molecule has 0 amide bonds. The van der Waals surface area contributed by atoms with Crippen LogP contribution in [0.15, 0.2) is 51.6 Å². The molecule has 5 nitrogen and oxygen atoms in total. The minimum absolute atomic E-state index is 0.124. The van der Waals surface area contributed by atoms with Gasteiger partial charge < -0.3 is 18.6 Å². The SMILES string of the molecule is O=C(/C=C/c1ccc(Br)o1)OC[C@@H]1COc2ccccc2O1. The second kappa shape index (κ2) is 6.70. The van der Waals surface area contributed by atoms with Crippen molar-refractivity contribution in [3.63, 3.8) is 0 Å². The maximum atomic E-state index is 11.7. The van der Waals surface area contributed by atoms with Gasteiger partial charge in [-0.1, -0.05) is 12.1 Å². The first-order valence-corrected chi connectivity index (χ1v) is 7.48. The molecule has 1 aromatic heterocycles. The van der Waals surface area contributed by atoms with Crippen LogP contribution in [0.25, 0.3) is 6.08 Å². The second-order valence-electron chi connectivity index (χ2n) is 4.60. The first-order chi connectivity index (χ1) is 10.7. The summed E-state index contributed by atoms with van der Waals surface area (Å²) in [5, 5.41) is 0. The number of furan rings is 1. The standard InChI is InChI=1S/C16H13BrO5/c17-15-7-5-11(22-15)6-8-16(18)20-10-12-9-19-13-3-1-2-4-14(13)21-12/h1-8,12H,9-10H2/b8-6+/t12-/m0/s1. The average molecular weight is 365 g/mol. The fraction of sp³-hybridized carbons (Fsp3) is 0.188. The fourth-order valence-corrected chi connectivity index (χ4v) is 2.26. The van der Waals surface area contributed by atoms with E-state index in [2.05, 4.69) is 15.9 Å². The van der Waals surface area contributed by atoms with Crippen molar-refractivity contribution in [2.45, 2.75) is 6.10 Å². The maximum Gasteiger partial charge on any atom is 0.331 e. The van der Waals surface area contributed by atoms with Crippen molar-refractivity contribution in [2.24, 2.45) is 0 Å². The number of esters is 1. The molecule has 0 aliphatic carbocycles. The zero-order valence-electron chi connectivity index (χ0n) is 11.5. The van der Waals surface area contributed by atoms with Gasteiger partial charge in [0.15, 0.2) is 22.3 Å². The molecule has 22 heavy (non-hydrogen) atoms. The third-order valence-corrected chi connectivity index (χ3v) is 3.38. The number of rotatable bonds is 4. The lowest BCUT2D eigenvalue weighted by molar-refractivity contribution is -0.140. The van der Waals surface area contributed by atoms with Crippen LogP contribution in [0.1, 0.15) is 5.76 Å². The van der Waals surface area contributed by atoms with Crippen LogP contribution < -0.4 is 9.47 Å². The zero-order chi connectivity index (χ0) is 15.4. The first kappa shape index (κ1) is 14.7. The Morgan fingerprint density at radius 2 is 2.09 bits per heavy atom. The summed E-state index contributed by atoms with van der Waals surface area (Å²) in [6, 6.07) is 10.9. The lowest BCUT2D eigenvalue weighted by Crippen LogP contribution is -2.34. The van der Waals surface area contributed by atoms with Gasteiger partial charge >= 0.3 is 5.97 Å². The summed E-state index contributed by atoms with van der Waals surface area (Å²) in [5.74, 6) is 1.46. The summed E-state index contributed by atoms with van der Waals surface area (Å²) in [6.07, 6.45) is 2.54. The highest BCUT2D eigenvalue weighted by atomic mass is 79.9. The Morgan fingerprint density at radius 3 is 2.86 bits per heavy atom. The van der Waals surface area contributed by atoms with E-state index < -0.39 is 5.97 Å². The molecular weight excluding hydrogens is 352 g/mol. The molecule has 0 saturated heterocycles. The van der Waals surface area contributed by atoms with Gasteiger partial charge in [0.25, 0.3) is 0 Å². The van der Waals surface area contributed by atoms with Crippen molar-refractivity contribution in [3.8, 4) is 11.5 Å². The molecule has 0 unspecified atom stereocenters. The Morgan fingerprint density at radius 1 is 1.27 bits per heavy atom. The van der Waals surface area contributed by atoms with Crippen LogP contribution >= 0.6 is 15.9 Å². The molecule has 1 aliphatic heterocycles. The number of hydrogen-bond donors (Lipinski definition) is 0. The Kier molecular flexibility index (Phi) is 4.48. The number of carbonyl (C=O) groups is 1. The Labute approximate surface area is 135 Å². The van der Waals surface area contributed by atoms with Crippen LogP contribution in [0.4, 0.5) is 0 Å². The molecule has 0 N–H and O–H groups in total. The van der Waals surface area contributed by atoms with Gasteiger partial charge in [0.1, 0.15) is 19.0 Å². The molecule has 1 aromatic carbocycles. The van der Waals surface area contributed by atoms with E-state index in [0.717, 1.165) is 0 Å². The minimum atomic E-state index is -0.463. The third kappa shape index (κ3) is 3.71. The summed E-state index contributed by atoms with van der Waals surface area (Å²) in [4.78, 5) is 11.7. The highest BCUT2D eigenvalue weighted by Crippen LogP contribution is 2.30. The zero-order valence-corrected chi connectivity index (χ0v) is 13.1. The minimum Gasteiger partial charge on any atom is -0.486 e. The number of hydrogen-bond acceptors (Lipinski definition) is 5. The molecular formula is C16H13BrO5. The molecule has 0 radical (unpaired) electrons. The van der Waals surface area contributed by atoms with E-state index in [1.54, 1.807) is 18.2 Å². The Bertz CT molecular complexity index is 691. The summed E-state index contributed by atoms with van der Waals surface area (Å²) in [5.41, 5.74) is 0. The Balaban J connectivity index is 1.49. The van der Waals surface area contributed by atoms with Crippen molar-refractivity contribution in [2.75, 3.05) is 13.2 Å². The van der Waals surface area contributed by atoms with Gasteiger partial charge in [0.2, 0.25) is 0 Å². The van der Waals surface area contributed by atoms with Gasteiger partial charge in [0.05, 0.1) is 0 Å². The first-order valence-electron chi connectivity index (χ1n) is 6.69. The predicted molar refractivity (Wildman–Crippen MR) is 82.8 cm³/mol. The van der Waals surface area contributed by atoms with Crippen LogP contribution in [-0.2, 0) is 9.53 Å². The molecule has 3 rings (SSSR count). The molecule has 114 valence electrons. The van der Waals surface area contributed by atoms with E-state index in [-0.39, 0.29) is 12.7 Å². The number of fused-ring (bicyclic) bond motifs is 1. The van der Waals surface area contributed by atoms with Crippen LogP contribution in [0.5, 0.6) is 11.5 Å². The van der Waals surface area contributed by atoms with E-state index in [1.807, 2.05) is 24.3 Å². The van der Waals surface area contributed by atoms with E-state index >= 15 is 0 Å². The van der Waals surface area contributed by atoms with E-state index in [4.69, 9.17) is 18.6 Å². The highest BCUT2D eigenvalue weighted by molar-refractivity contribution is 9.10. The number of benzene rings is 1. The smallest absolute Gasteiger partial charge is 0.331 e. The third-order valence-electron chi connectivity index (χ3n) is 2.96. The van der Waals surface area contributed by atoms with Gasteiger partial charge in [-0.25, -0.2) is 4.79 Å². The van der Waals surface area contributed by atoms with Crippen molar-refractivity contribution in [3.05, 3.63) is 52.9 Å². The lowest BCUT2D eigenvalue weighted by Gasteiger charge is -2.25. The molecule has 1 aliphatic rings. The summed E-state index contributed by atoms with van der Waals surface area (Å²) >= 11 is 3.19. The number of ether oxygens (including phenoxy) is 3. The van der Waals surface area contributed by atoms with Crippen LogP contribution in [-0.4, -0.2) is 25.3 Å². The van der Waals surface area contributed by atoms with Gasteiger partial charge in [0, 0.05) is 6.08 Å². The van der Waals surface area contributed by atoms with E-state index in [9.17, 15) is 4.79 Å². The maximum absolute atomic E-state index is 11.7. The van der Waals surface area contributed by atoms with Gasteiger partial charge in [-0.05, 0) is 46.3 Å². The normalized spacial score (nSPS) is 16.7. The van der Waals surface area contributed by atoms with Crippen LogP contribution in [0.2, 0.25) is 0 Å².